The molecule has 25 atom stereocenters. The Labute approximate surface area is 382 Å². The molecule has 0 amide bonds. The van der Waals surface area contributed by atoms with Gasteiger partial charge in [-0.2, -0.15) is 0 Å². The first-order chi connectivity index (χ1) is 30.3. The van der Waals surface area contributed by atoms with Gasteiger partial charge in [-0.3, -0.25) is 0 Å². The molecule has 17 heteroatoms. The van der Waals surface area contributed by atoms with Crippen molar-refractivity contribution in [3.05, 3.63) is 12.2 Å². The SMILES string of the molecule is C[C@@H]1O[C@H](O[C@H]2[C@H](O)[C@@H](O)[C@H](O[C@H]3CC[C@@]4(C)[C@H](C3)C(C)(C)C[C@]3(C)[C@@H]4C=C[C@]45OC[C@@]6(CCC(C)(C)C[C@@H]64)[C@@H](O)C[C@]53C)O[C@@H]2CO[C@@H]2O[C@H](CO)[C@@H](O)[C@H](O)[C@H]2O)[C@H](O)[C@H](O)[C@H]1O. The van der Waals surface area contributed by atoms with Gasteiger partial charge in [0.15, 0.2) is 18.9 Å². The molecule has 4 saturated heterocycles. The van der Waals surface area contributed by atoms with E-state index in [1.807, 2.05) is 0 Å². The molecule has 8 fully saturated rings. The summed E-state index contributed by atoms with van der Waals surface area (Å²) in [7, 11) is 0. The molecular formula is C48H78O17. The molecular weight excluding hydrogens is 849 g/mol. The lowest BCUT2D eigenvalue weighted by Crippen LogP contribution is -2.73. The number of aliphatic hydroxyl groups is 10. The Kier molecular flexibility index (Phi) is 12.5. The van der Waals surface area contributed by atoms with Crippen molar-refractivity contribution >= 4 is 0 Å². The average Bonchev–Trinajstić information content (AvgIpc) is 3.52. The van der Waals surface area contributed by atoms with Crippen LogP contribution in [0.5, 0.6) is 0 Å². The van der Waals surface area contributed by atoms with Crippen molar-refractivity contribution in [2.45, 2.75) is 217 Å². The lowest BCUT2D eigenvalue weighted by molar-refractivity contribution is -0.370. The fourth-order valence-electron chi connectivity index (χ4n) is 15.8. The van der Waals surface area contributed by atoms with Gasteiger partial charge >= 0.3 is 0 Å². The minimum Gasteiger partial charge on any atom is -0.394 e. The quantitative estimate of drug-likeness (QED) is 0.118. The summed E-state index contributed by atoms with van der Waals surface area (Å²) in [5, 5.41) is 109. The number of hydrogen-bond donors (Lipinski definition) is 10. The second-order valence-corrected chi connectivity index (χ2v) is 24.1. The maximum Gasteiger partial charge on any atom is 0.187 e. The van der Waals surface area contributed by atoms with Crippen LogP contribution in [0, 0.1) is 50.2 Å². The third-order valence-electron chi connectivity index (χ3n) is 19.5. The molecule has 2 bridgehead atoms. The van der Waals surface area contributed by atoms with Crippen molar-refractivity contribution < 1.29 is 84.2 Å². The van der Waals surface area contributed by atoms with Crippen molar-refractivity contribution in [2.24, 2.45) is 50.2 Å². The topological polar surface area (TPSA) is 267 Å². The van der Waals surface area contributed by atoms with Crippen molar-refractivity contribution in [3.8, 4) is 0 Å². The van der Waals surface area contributed by atoms with E-state index in [9.17, 15) is 51.1 Å². The van der Waals surface area contributed by atoms with E-state index in [0.29, 0.717) is 25.9 Å². The second-order valence-electron chi connectivity index (χ2n) is 24.1. The Bertz CT molecular complexity index is 1780. The number of ether oxygens (including phenoxy) is 7. The summed E-state index contributed by atoms with van der Waals surface area (Å²) in [6.07, 6.45) is -12.1. The molecule has 0 unspecified atom stereocenters. The highest BCUT2D eigenvalue weighted by Crippen LogP contribution is 2.80. The summed E-state index contributed by atoms with van der Waals surface area (Å²) in [5.41, 5.74) is -1.41. The number of fused-ring (bicyclic) bond motifs is 4. The van der Waals surface area contributed by atoms with Gasteiger partial charge in [0, 0.05) is 16.7 Å². The molecule has 0 aromatic carbocycles. The summed E-state index contributed by atoms with van der Waals surface area (Å²) < 4.78 is 43.3. The van der Waals surface area contributed by atoms with Crippen molar-refractivity contribution in [2.75, 3.05) is 19.8 Å². The number of allylic oxidation sites excluding steroid dienone is 1. The zero-order valence-electron chi connectivity index (χ0n) is 39.3. The van der Waals surface area contributed by atoms with Crippen LogP contribution in [0.25, 0.3) is 0 Å². The molecule has 0 radical (unpaired) electrons. The number of aliphatic hydroxyl groups excluding tert-OH is 10. The van der Waals surface area contributed by atoms with Gasteiger partial charge in [-0.05, 0) is 91.8 Å². The van der Waals surface area contributed by atoms with Crippen LogP contribution in [0.2, 0.25) is 0 Å². The van der Waals surface area contributed by atoms with Crippen LogP contribution in [0.1, 0.15) is 107 Å². The summed E-state index contributed by atoms with van der Waals surface area (Å²) in [6, 6.07) is 0. The normalized spacial score (nSPS) is 58.0. The smallest absolute Gasteiger partial charge is 0.187 e. The lowest BCUT2D eigenvalue weighted by Gasteiger charge is -2.74. The van der Waals surface area contributed by atoms with Crippen LogP contribution in [-0.2, 0) is 33.2 Å². The van der Waals surface area contributed by atoms with E-state index in [1.165, 1.54) is 6.92 Å². The predicted octanol–water partition coefficient (Wildman–Crippen LogP) is 0.629. The van der Waals surface area contributed by atoms with Gasteiger partial charge in [-0.1, -0.05) is 60.6 Å². The lowest BCUT2D eigenvalue weighted by atomic mass is 9.30. The zero-order chi connectivity index (χ0) is 47.2. The third-order valence-corrected chi connectivity index (χ3v) is 19.5. The molecule has 4 saturated carbocycles. The Balaban J connectivity index is 0.954. The minimum absolute atomic E-state index is 0.162. The first-order valence-corrected chi connectivity index (χ1v) is 24.3. The van der Waals surface area contributed by atoms with Crippen LogP contribution in [0.3, 0.4) is 0 Å². The highest BCUT2D eigenvalue weighted by atomic mass is 16.8. The van der Waals surface area contributed by atoms with Gasteiger partial charge in [0.05, 0.1) is 43.7 Å². The van der Waals surface area contributed by atoms with Crippen molar-refractivity contribution in [1.29, 1.82) is 0 Å². The molecule has 9 rings (SSSR count). The Hall–Kier alpha value is -0.940. The largest absolute Gasteiger partial charge is 0.394 e. The summed E-state index contributed by atoms with van der Waals surface area (Å²) in [5.74, 6) is 0.585. The van der Waals surface area contributed by atoms with E-state index < -0.39 is 123 Å². The van der Waals surface area contributed by atoms with E-state index in [-0.39, 0.29) is 50.2 Å². The Morgan fingerprint density at radius 1 is 0.662 bits per heavy atom. The number of rotatable bonds is 8. The van der Waals surface area contributed by atoms with Crippen LogP contribution < -0.4 is 0 Å². The fourth-order valence-corrected chi connectivity index (χ4v) is 15.8. The van der Waals surface area contributed by atoms with E-state index in [0.717, 1.165) is 32.1 Å². The molecule has 4 aliphatic heterocycles. The molecule has 1 spiro atoms. The highest BCUT2D eigenvalue weighted by molar-refractivity contribution is 5.36. The maximum absolute atomic E-state index is 12.3. The van der Waals surface area contributed by atoms with Gasteiger partial charge < -0.3 is 84.2 Å². The van der Waals surface area contributed by atoms with E-state index in [2.05, 4.69) is 60.6 Å². The van der Waals surface area contributed by atoms with Gasteiger partial charge in [0.1, 0.15) is 67.1 Å². The van der Waals surface area contributed by atoms with Crippen LogP contribution >= 0.6 is 0 Å². The van der Waals surface area contributed by atoms with Gasteiger partial charge in [0.25, 0.3) is 0 Å². The van der Waals surface area contributed by atoms with Crippen LogP contribution in [0.4, 0.5) is 0 Å². The Morgan fingerprint density at radius 3 is 2.02 bits per heavy atom. The molecule has 9 aliphatic rings. The van der Waals surface area contributed by atoms with E-state index >= 15 is 0 Å². The summed E-state index contributed by atoms with van der Waals surface area (Å²) >= 11 is 0. The molecule has 5 aliphatic carbocycles. The molecule has 4 heterocycles. The molecule has 10 N–H and O–H groups in total. The molecule has 0 aromatic heterocycles. The highest BCUT2D eigenvalue weighted by Gasteiger charge is 2.79. The van der Waals surface area contributed by atoms with E-state index in [1.54, 1.807) is 0 Å². The van der Waals surface area contributed by atoms with E-state index in [4.69, 9.17) is 33.2 Å². The van der Waals surface area contributed by atoms with Crippen molar-refractivity contribution in [3.63, 3.8) is 0 Å². The molecule has 372 valence electrons. The predicted molar refractivity (Wildman–Crippen MR) is 228 cm³/mol. The maximum atomic E-state index is 12.3. The van der Waals surface area contributed by atoms with Gasteiger partial charge in [0.2, 0.25) is 0 Å². The molecule has 17 nitrogen and oxygen atoms in total. The third kappa shape index (κ3) is 7.25. The first-order valence-electron chi connectivity index (χ1n) is 24.3. The summed E-state index contributed by atoms with van der Waals surface area (Å²) in [4.78, 5) is 0. The number of hydrogen-bond acceptors (Lipinski definition) is 17. The summed E-state index contributed by atoms with van der Waals surface area (Å²) in [6.45, 7) is 17.6. The van der Waals surface area contributed by atoms with Gasteiger partial charge in [-0.25, -0.2) is 0 Å². The monoisotopic (exact) mass is 927 g/mol. The Morgan fingerprint density at radius 2 is 1.31 bits per heavy atom. The first kappa shape index (κ1) is 49.1. The fraction of sp³-hybridized carbons (Fsp3) is 0.958. The van der Waals surface area contributed by atoms with Crippen LogP contribution in [-0.4, -0.2) is 181 Å². The van der Waals surface area contributed by atoms with Crippen LogP contribution in [0.15, 0.2) is 12.2 Å². The second kappa shape index (κ2) is 16.6. The standard InChI is InChI=1S/C48H78O17/c1-22-30(51)32(53)36(57)40(61-22)65-38-25(19-59-39-35(56)33(54)31(52)24(18-49)63-39)64-41(37(58)34(38)55)62-23-9-11-44(6)26-10-12-48-28-16-42(2,3)13-14-47(28,21-60-48)29(50)17-46(48,8)45(26,7)20-43(4,5)27(44)15-23/h10,12,22-41,49-58H,9,11,13-21H2,1-8H3/t22-,23-,24+,25+,26+,27+,28-,29-,30-,31+,32+,33-,34+,35+,36+,37+,38+,39+,40+,41+,44+,45+,46-,47+,48-/m0/s1. The minimum atomic E-state index is -1.75. The molecule has 0 aromatic rings. The molecule has 65 heavy (non-hydrogen) atoms. The average molecular weight is 927 g/mol. The van der Waals surface area contributed by atoms with Gasteiger partial charge in [-0.15, -0.1) is 0 Å². The zero-order valence-corrected chi connectivity index (χ0v) is 39.3. The van der Waals surface area contributed by atoms with Crippen molar-refractivity contribution in [1.82, 2.24) is 0 Å².